The van der Waals surface area contributed by atoms with E-state index in [0.717, 1.165) is 32.1 Å². The van der Waals surface area contributed by atoms with E-state index in [2.05, 4.69) is 5.32 Å². The zero-order valence-electron chi connectivity index (χ0n) is 8.29. The maximum absolute atomic E-state index is 11.1. The Balaban J connectivity index is 2.07. The van der Waals surface area contributed by atoms with Crippen LogP contribution in [-0.2, 0) is 9.59 Å². The molecule has 4 nitrogen and oxygen atoms in total. The van der Waals surface area contributed by atoms with Crippen LogP contribution in [0.4, 0.5) is 0 Å². The lowest BCUT2D eigenvalue weighted by atomic mass is 9.99. The van der Waals surface area contributed by atoms with E-state index >= 15 is 0 Å². The third-order valence-electron chi connectivity index (χ3n) is 2.53. The fourth-order valence-electron chi connectivity index (χ4n) is 1.70. The second-order valence-electron chi connectivity index (χ2n) is 3.74. The second-order valence-corrected chi connectivity index (χ2v) is 3.74. The summed E-state index contributed by atoms with van der Waals surface area (Å²) in [6, 6.07) is 0. The lowest BCUT2D eigenvalue weighted by Gasteiger charge is -2.04. The van der Waals surface area contributed by atoms with Gasteiger partial charge in [0.2, 0.25) is 11.8 Å². The van der Waals surface area contributed by atoms with E-state index in [0.29, 0.717) is 6.42 Å². The fourth-order valence-corrected chi connectivity index (χ4v) is 1.70. The molecular formula is C10H17NO3. The molecule has 1 heterocycles. The molecule has 0 aromatic rings. The molecule has 1 rings (SSSR count). The average Bonchev–Trinajstić information content (AvgIpc) is 2.45. The number of hydrogen-bond acceptors (Lipinski definition) is 3. The van der Waals surface area contributed by atoms with E-state index in [-0.39, 0.29) is 24.3 Å². The molecule has 4 heteroatoms. The Labute approximate surface area is 83.7 Å². The highest BCUT2D eigenvalue weighted by Crippen LogP contribution is 2.18. The predicted molar refractivity (Wildman–Crippen MR) is 51.4 cm³/mol. The fraction of sp³-hybridized carbons (Fsp3) is 0.800. The molecule has 1 atom stereocenters. The van der Waals surface area contributed by atoms with Crippen LogP contribution in [0.25, 0.3) is 0 Å². The number of unbranched alkanes of at least 4 members (excludes halogenated alkanes) is 3. The minimum Gasteiger partial charge on any atom is -0.396 e. The molecule has 0 saturated carbocycles. The van der Waals surface area contributed by atoms with Crippen LogP contribution in [-0.4, -0.2) is 23.5 Å². The molecule has 80 valence electrons. The van der Waals surface area contributed by atoms with Crippen LogP contribution in [0, 0.1) is 5.92 Å². The van der Waals surface area contributed by atoms with Crippen molar-refractivity contribution in [1.29, 1.82) is 0 Å². The largest absolute Gasteiger partial charge is 0.396 e. The van der Waals surface area contributed by atoms with Crippen molar-refractivity contribution < 1.29 is 14.7 Å². The van der Waals surface area contributed by atoms with Gasteiger partial charge in [0.1, 0.15) is 0 Å². The van der Waals surface area contributed by atoms with Crippen LogP contribution in [0.1, 0.15) is 38.5 Å². The Hall–Kier alpha value is -0.900. The zero-order valence-corrected chi connectivity index (χ0v) is 8.29. The molecule has 1 fully saturated rings. The van der Waals surface area contributed by atoms with Crippen LogP contribution in [0.3, 0.4) is 0 Å². The Kier molecular flexibility index (Phi) is 4.59. The molecule has 0 spiro atoms. The van der Waals surface area contributed by atoms with Gasteiger partial charge in [0.25, 0.3) is 0 Å². The molecule has 0 radical (unpaired) electrons. The molecule has 1 saturated heterocycles. The maximum Gasteiger partial charge on any atom is 0.230 e. The highest BCUT2D eigenvalue weighted by atomic mass is 16.3. The van der Waals surface area contributed by atoms with Crippen molar-refractivity contribution in [1.82, 2.24) is 5.32 Å². The third-order valence-corrected chi connectivity index (χ3v) is 2.53. The topological polar surface area (TPSA) is 66.4 Å². The predicted octanol–water partition coefficient (Wildman–Crippen LogP) is 0.592. The molecule has 0 aromatic carbocycles. The molecule has 1 aliphatic rings. The molecule has 0 bridgehead atoms. The van der Waals surface area contributed by atoms with Gasteiger partial charge in [-0.1, -0.05) is 19.3 Å². The number of rotatable bonds is 6. The summed E-state index contributed by atoms with van der Waals surface area (Å²) < 4.78 is 0. The van der Waals surface area contributed by atoms with Gasteiger partial charge in [-0.25, -0.2) is 0 Å². The van der Waals surface area contributed by atoms with E-state index in [9.17, 15) is 9.59 Å². The number of carbonyl (C=O) groups is 2. The van der Waals surface area contributed by atoms with Gasteiger partial charge in [-0.15, -0.1) is 0 Å². The van der Waals surface area contributed by atoms with Gasteiger partial charge < -0.3 is 5.11 Å². The highest BCUT2D eigenvalue weighted by molar-refractivity contribution is 6.03. The standard InChI is InChI=1S/C10H17NO3/c12-6-4-2-1-3-5-8-7-9(13)11-10(8)14/h8,12H,1-7H2,(H,11,13,14). The first kappa shape index (κ1) is 11.2. The molecule has 0 aromatic heterocycles. The van der Waals surface area contributed by atoms with Crippen molar-refractivity contribution in [2.24, 2.45) is 5.92 Å². The SMILES string of the molecule is O=C1CC(CCCCCCO)C(=O)N1. The smallest absolute Gasteiger partial charge is 0.230 e. The number of amides is 2. The Morgan fingerprint density at radius 3 is 2.50 bits per heavy atom. The van der Waals surface area contributed by atoms with Crippen molar-refractivity contribution in [2.75, 3.05) is 6.61 Å². The lowest BCUT2D eigenvalue weighted by molar-refractivity contribution is -0.125. The molecule has 0 aliphatic carbocycles. The van der Waals surface area contributed by atoms with E-state index in [1.807, 2.05) is 0 Å². The highest BCUT2D eigenvalue weighted by Gasteiger charge is 2.29. The quantitative estimate of drug-likeness (QED) is 0.486. The summed E-state index contributed by atoms with van der Waals surface area (Å²) in [5.41, 5.74) is 0. The van der Waals surface area contributed by atoms with Crippen LogP contribution < -0.4 is 5.32 Å². The first-order valence-corrected chi connectivity index (χ1v) is 5.18. The molecule has 2 N–H and O–H groups in total. The van der Waals surface area contributed by atoms with Gasteiger partial charge in [-0.3, -0.25) is 14.9 Å². The maximum atomic E-state index is 11.1. The van der Waals surface area contributed by atoms with Gasteiger partial charge in [0.15, 0.2) is 0 Å². The summed E-state index contributed by atoms with van der Waals surface area (Å²) in [5, 5.41) is 10.8. The molecule has 1 unspecified atom stereocenters. The summed E-state index contributed by atoms with van der Waals surface area (Å²) in [5.74, 6) is -0.357. The number of aliphatic hydroxyl groups is 1. The average molecular weight is 199 g/mol. The number of aliphatic hydroxyl groups excluding tert-OH is 1. The van der Waals surface area contributed by atoms with Crippen molar-refractivity contribution >= 4 is 11.8 Å². The van der Waals surface area contributed by atoms with Crippen molar-refractivity contribution in [2.45, 2.75) is 38.5 Å². The van der Waals surface area contributed by atoms with Gasteiger partial charge >= 0.3 is 0 Å². The van der Waals surface area contributed by atoms with Gasteiger partial charge in [0.05, 0.1) is 0 Å². The van der Waals surface area contributed by atoms with Crippen molar-refractivity contribution in [3.63, 3.8) is 0 Å². The number of imide groups is 1. The number of hydrogen-bond donors (Lipinski definition) is 2. The minimum absolute atomic E-state index is 0.100. The summed E-state index contributed by atoms with van der Waals surface area (Å²) in [7, 11) is 0. The lowest BCUT2D eigenvalue weighted by Crippen LogP contribution is -2.21. The monoisotopic (exact) mass is 199 g/mol. The summed E-state index contributed by atoms with van der Waals surface area (Å²) >= 11 is 0. The minimum atomic E-state index is -0.143. The molecule has 1 aliphatic heterocycles. The Morgan fingerprint density at radius 1 is 1.21 bits per heavy atom. The van der Waals surface area contributed by atoms with Gasteiger partial charge in [-0.05, 0) is 12.8 Å². The Morgan fingerprint density at radius 2 is 1.93 bits per heavy atom. The number of carbonyl (C=O) groups excluding carboxylic acids is 2. The summed E-state index contributed by atoms with van der Waals surface area (Å²) in [6.45, 7) is 0.238. The van der Waals surface area contributed by atoms with Crippen molar-refractivity contribution in [3.8, 4) is 0 Å². The summed E-state index contributed by atoms with van der Waals surface area (Å²) in [4.78, 5) is 22.0. The van der Waals surface area contributed by atoms with Crippen LogP contribution >= 0.6 is 0 Å². The van der Waals surface area contributed by atoms with Crippen LogP contribution in [0.2, 0.25) is 0 Å². The molecular weight excluding hydrogens is 182 g/mol. The van der Waals surface area contributed by atoms with Crippen LogP contribution in [0.15, 0.2) is 0 Å². The van der Waals surface area contributed by atoms with Crippen molar-refractivity contribution in [3.05, 3.63) is 0 Å². The van der Waals surface area contributed by atoms with E-state index in [1.54, 1.807) is 0 Å². The third kappa shape index (κ3) is 3.46. The van der Waals surface area contributed by atoms with E-state index in [4.69, 9.17) is 5.11 Å². The van der Waals surface area contributed by atoms with E-state index in [1.165, 1.54) is 0 Å². The number of nitrogens with one attached hydrogen (secondary N) is 1. The van der Waals surface area contributed by atoms with Crippen LogP contribution in [0.5, 0.6) is 0 Å². The van der Waals surface area contributed by atoms with Gasteiger partial charge in [0, 0.05) is 18.9 Å². The first-order chi connectivity index (χ1) is 6.74. The summed E-state index contributed by atoms with van der Waals surface area (Å²) in [6.07, 6.45) is 4.97. The van der Waals surface area contributed by atoms with Gasteiger partial charge in [-0.2, -0.15) is 0 Å². The normalized spacial score (nSPS) is 21.4. The second kappa shape index (κ2) is 5.75. The molecule has 2 amide bonds. The zero-order chi connectivity index (χ0) is 10.4. The first-order valence-electron chi connectivity index (χ1n) is 5.18. The Bertz CT molecular complexity index is 215. The van der Waals surface area contributed by atoms with E-state index < -0.39 is 0 Å². The molecule has 14 heavy (non-hydrogen) atoms.